The van der Waals surface area contributed by atoms with Crippen LogP contribution in [-0.4, -0.2) is 54.7 Å². The molecule has 1 fully saturated rings. The Morgan fingerprint density at radius 2 is 2.08 bits per heavy atom. The molecule has 0 spiro atoms. The fourth-order valence-electron chi connectivity index (χ4n) is 1.24. The Hall–Kier alpha value is 1.26. The van der Waals surface area contributed by atoms with Crippen LogP contribution in [0.1, 0.15) is 13.3 Å². The van der Waals surface area contributed by atoms with Gasteiger partial charge in [-0.1, -0.05) is 6.92 Å². The fraction of sp³-hybridized carbons (Fsp3) is 1.00. The monoisotopic (exact) mass is 218 g/mol. The number of sulfonamides is 1. The average molecular weight is 218 g/mol. The molecular formula is C6H13NNaO2S2. The molecule has 0 aliphatic carbocycles. The smallest absolute Gasteiger partial charge is 0.213 e. The maximum atomic E-state index is 11.0. The van der Waals surface area contributed by atoms with Crippen LogP contribution >= 0.6 is 11.8 Å². The van der Waals surface area contributed by atoms with Crippen LogP contribution in [0.5, 0.6) is 0 Å². The first-order chi connectivity index (χ1) is 5.02. The van der Waals surface area contributed by atoms with Crippen LogP contribution in [-0.2, 0) is 10.0 Å². The Balaban J connectivity index is 0.00000121. The predicted octanol–water partition coefficient (Wildman–Crippen LogP) is 0.0357. The molecule has 0 saturated carbocycles. The van der Waals surface area contributed by atoms with Gasteiger partial charge < -0.3 is 0 Å². The maximum Gasteiger partial charge on any atom is 0.213 e. The van der Waals surface area contributed by atoms with Crippen molar-refractivity contribution in [1.82, 2.24) is 0 Å². The van der Waals surface area contributed by atoms with Crippen molar-refractivity contribution in [2.24, 2.45) is 11.1 Å². The molecular weight excluding hydrogens is 205 g/mol. The van der Waals surface area contributed by atoms with Crippen LogP contribution < -0.4 is 5.14 Å². The number of rotatable bonds is 1. The summed E-state index contributed by atoms with van der Waals surface area (Å²) in [6.07, 6.45) is 0.964. The number of primary sulfonamides is 1. The van der Waals surface area contributed by atoms with E-state index in [0.29, 0.717) is 5.75 Å². The summed E-state index contributed by atoms with van der Waals surface area (Å²) in [6.45, 7) is 1.95. The van der Waals surface area contributed by atoms with E-state index in [1.165, 1.54) is 0 Å². The molecule has 0 bridgehead atoms. The van der Waals surface area contributed by atoms with E-state index in [2.05, 4.69) is 0 Å². The van der Waals surface area contributed by atoms with E-state index in [-0.39, 0.29) is 40.7 Å². The Labute approximate surface area is 100 Å². The van der Waals surface area contributed by atoms with Crippen molar-refractivity contribution in [1.29, 1.82) is 0 Å². The van der Waals surface area contributed by atoms with Gasteiger partial charge in [0.25, 0.3) is 0 Å². The SMILES string of the molecule is CC1CCSCC1S(N)(=O)=O.[Na]. The Bertz CT molecular complexity index is 230. The zero-order valence-electron chi connectivity index (χ0n) is 7.49. The molecule has 1 aliphatic rings. The minimum Gasteiger partial charge on any atom is -0.228 e. The third kappa shape index (κ3) is 3.55. The van der Waals surface area contributed by atoms with Crippen molar-refractivity contribution in [3.05, 3.63) is 0 Å². The van der Waals surface area contributed by atoms with Crippen molar-refractivity contribution in [2.45, 2.75) is 18.6 Å². The quantitative estimate of drug-likeness (QED) is 0.632. The van der Waals surface area contributed by atoms with Crippen LogP contribution in [0.2, 0.25) is 0 Å². The van der Waals surface area contributed by atoms with Crippen LogP contribution in [0.15, 0.2) is 0 Å². The van der Waals surface area contributed by atoms with Crippen LogP contribution in [0.3, 0.4) is 0 Å². The largest absolute Gasteiger partial charge is 0.228 e. The van der Waals surface area contributed by atoms with Crippen LogP contribution in [0, 0.1) is 5.92 Å². The molecule has 1 radical (unpaired) electrons. The van der Waals surface area contributed by atoms with Gasteiger partial charge in [-0.25, -0.2) is 13.6 Å². The van der Waals surface area contributed by atoms with Crippen molar-refractivity contribution in [3.8, 4) is 0 Å². The van der Waals surface area contributed by atoms with E-state index in [1.807, 2.05) is 6.92 Å². The van der Waals surface area contributed by atoms with Gasteiger partial charge in [0.1, 0.15) is 0 Å². The first kappa shape index (κ1) is 13.3. The summed E-state index contributed by atoms with van der Waals surface area (Å²) in [7, 11) is -3.30. The molecule has 2 N–H and O–H groups in total. The van der Waals surface area contributed by atoms with E-state index in [9.17, 15) is 8.42 Å². The molecule has 2 atom stereocenters. The summed E-state index contributed by atoms with van der Waals surface area (Å²) in [5, 5.41) is 4.74. The molecule has 1 rings (SSSR count). The van der Waals surface area contributed by atoms with Gasteiger partial charge in [-0.15, -0.1) is 0 Å². The third-order valence-electron chi connectivity index (χ3n) is 2.06. The van der Waals surface area contributed by atoms with Crippen LogP contribution in [0.25, 0.3) is 0 Å². The van der Waals surface area contributed by atoms with Crippen molar-refractivity contribution < 1.29 is 8.42 Å². The van der Waals surface area contributed by atoms with Gasteiger partial charge in [0.15, 0.2) is 0 Å². The van der Waals surface area contributed by atoms with Gasteiger partial charge in [-0.3, -0.25) is 0 Å². The van der Waals surface area contributed by atoms with Crippen molar-refractivity contribution in [3.63, 3.8) is 0 Å². The van der Waals surface area contributed by atoms with Gasteiger partial charge in [0.2, 0.25) is 10.0 Å². The van der Waals surface area contributed by atoms with Crippen molar-refractivity contribution >= 4 is 51.3 Å². The van der Waals surface area contributed by atoms with E-state index in [0.717, 1.165) is 12.2 Å². The first-order valence-electron chi connectivity index (χ1n) is 3.61. The standard InChI is InChI=1S/C6H13NO2S2.Na/c1-5-2-3-10-4-6(5)11(7,8)9;/h5-6H,2-4H2,1H3,(H2,7,8,9);. The van der Waals surface area contributed by atoms with E-state index in [4.69, 9.17) is 5.14 Å². The molecule has 0 aromatic carbocycles. The zero-order chi connectivity index (χ0) is 8.48. The molecule has 1 saturated heterocycles. The Morgan fingerprint density at radius 1 is 1.50 bits per heavy atom. The van der Waals surface area contributed by atoms with E-state index < -0.39 is 10.0 Å². The first-order valence-corrected chi connectivity index (χ1v) is 6.37. The zero-order valence-corrected chi connectivity index (χ0v) is 11.1. The average Bonchev–Trinajstić information content (AvgIpc) is 1.86. The maximum absolute atomic E-state index is 11.0. The Kier molecular flexibility index (Phi) is 5.77. The summed E-state index contributed by atoms with van der Waals surface area (Å²) in [6, 6.07) is 0. The third-order valence-corrected chi connectivity index (χ3v) is 4.86. The minimum atomic E-state index is -3.30. The molecule has 1 heterocycles. The molecule has 1 aliphatic heterocycles. The predicted molar refractivity (Wildman–Crippen MR) is 53.8 cm³/mol. The molecule has 0 aromatic rings. The second kappa shape index (κ2) is 5.22. The fourth-order valence-corrected chi connectivity index (χ4v) is 4.33. The minimum absolute atomic E-state index is 0. The molecule has 67 valence electrons. The summed E-state index contributed by atoms with van der Waals surface area (Å²) >= 11 is 1.67. The molecule has 0 amide bonds. The molecule has 2 unspecified atom stereocenters. The molecule has 3 nitrogen and oxygen atoms in total. The van der Waals surface area contributed by atoms with Crippen LogP contribution in [0.4, 0.5) is 0 Å². The number of thioether (sulfide) groups is 1. The summed E-state index contributed by atoms with van der Waals surface area (Å²) in [5.74, 6) is 1.96. The van der Waals surface area contributed by atoms with Gasteiger partial charge in [-0.2, -0.15) is 11.8 Å². The number of nitrogens with two attached hydrogens (primary N) is 1. The van der Waals surface area contributed by atoms with Gasteiger partial charge in [0, 0.05) is 35.3 Å². The van der Waals surface area contributed by atoms with Crippen molar-refractivity contribution in [2.75, 3.05) is 11.5 Å². The van der Waals surface area contributed by atoms with Gasteiger partial charge >= 0.3 is 0 Å². The van der Waals surface area contributed by atoms with Gasteiger partial charge in [-0.05, 0) is 18.1 Å². The summed E-state index contributed by atoms with van der Waals surface area (Å²) < 4.78 is 21.9. The second-order valence-electron chi connectivity index (χ2n) is 2.97. The molecule has 12 heavy (non-hydrogen) atoms. The number of hydrogen-bond acceptors (Lipinski definition) is 3. The van der Waals surface area contributed by atoms with E-state index in [1.54, 1.807) is 11.8 Å². The normalized spacial score (nSPS) is 30.8. The van der Waals surface area contributed by atoms with Gasteiger partial charge in [0.05, 0.1) is 5.25 Å². The Morgan fingerprint density at radius 3 is 2.42 bits per heavy atom. The summed E-state index contributed by atoms with van der Waals surface area (Å²) in [5.41, 5.74) is 0. The second-order valence-corrected chi connectivity index (χ2v) is 5.90. The summed E-state index contributed by atoms with van der Waals surface area (Å²) in [4.78, 5) is 0. The molecule has 0 aromatic heterocycles. The molecule has 6 heteroatoms. The number of hydrogen-bond donors (Lipinski definition) is 1. The topological polar surface area (TPSA) is 60.2 Å². The van der Waals surface area contributed by atoms with E-state index >= 15 is 0 Å².